The molecule has 1 aromatic heterocycles. The van der Waals surface area contributed by atoms with E-state index in [2.05, 4.69) is 0 Å². The molecule has 0 N–H and O–H groups in total. The van der Waals surface area contributed by atoms with E-state index >= 15 is 0 Å². The number of imide groups is 1. The Morgan fingerprint density at radius 3 is 2.44 bits per heavy atom. The molecule has 2 aromatic carbocycles. The van der Waals surface area contributed by atoms with Crippen LogP contribution in [-0.4, -0.2) is 51.1 Å². The summed E-state index contributed by atoms with van der Waals surface area (Å²) < 4.78 is 16.4. The monoisotopic (exact) mass is 505 g/mol. The molecule has 2 saturated heterocycles. The lowest BCUT2D eigenvalue weighted by Crippen LogP contribution is -2.42. The van der Waals surface area contributed by atoms with Crippen molar-refractivity contribution in [2.24, 2.45) is 0 Å². The van der Waals surface area contributed by atoms with Gasteiger partial charge >= 0.3 is 0 Å². The number of amides is 3. The van der Waals surface area contributed by atoms with Crippen LogP contribution in [0.4, 0.5) is 9.18 Å². The molecule has 0 unspecified atom stereocenters. The first-order valence-corrected chi connectivity index (χ1v) is 13.1. The van der Waals surface area contributed by atoms with E-state index in [1.165, 1.54) is 6.07 Å². The van der Waals surface area contributed by atoms with Crippen LogP contribution in [0, 0.1) is 12.7 Å². The molecule has 0 saturated carbocycles. The summed E-state index contributed by atoms with van der Waals surface area (Å²) in [5, 5.41) is 0.487. The van der Waals surface area contributed by atoms with Gasteiger partial charge < -0.3 is 9.47 Å². The van der Waals surface area contributed by atoms with Crippen molar-refractivity contribution in [1.29, 1.82) is 0 Å². The van der Waals surface area contributed by atoms with Crippen LogP contribution in [0.1, 0.15) is 42.5 Å². The number of carbonyl (C=O) groups is 3. The molecule has 186 valence electrons. The maximum Gasteiger partial charge on any atom is 0.294 e. The Balaban J connectivity index is 1.43. The fraction of sp³-hybridized carbons (Fsp3) is 0.321. The van der Waals surface area contributed by atoms with Crippen LogP contribution >= 0.6 is 11.8 Å². The van der Waals surface area contributed by atoms with Crippen LogP contribution in [0.5, 0.6) is 0 Å². The molecule has 2 fully saturated rings. The average molecular weight is 506 g/mol. The molecule has 0 bridgehead atoms. The number of para-hydroxylation sites is 1. The highest BCUT2D eigenvalue weighted by Crippen LogP contribution is 2.36. The van der Waals surface area contributed by atoms with E-state index in [1.807, 2.05) is 41.8 Å². The lowest BCUT2D eigenvalue weighted by Gasteiger charge is -2.22. The van der Waals surface area contributed by atoms with Gasteiger partial charge in [-0.3, -0.25) is 19.3 Å². The number of carbonyl (C=O) groups excluding carboxylic acids is 3. The summed E-state index contributed by atoms with van der Waals surface area (Å²) in [4.78, 5) is 41.8. The second-order valence-corrected chi connectivity index (χ2v) is 10.2. The Hall–Kier alpha value is -3.39. The number of fused-ring (bicyclic) bond motifs is 1. The van der Waals surface area contributed by atoms with Crippen LogP contribution in [0.15, 0.2) is 53.4 Å². The van der Waals surface area contributed by atoms with Crippen molar-refractivity contribution in [1.82, 2.24) is 14.4 Å². The van der Waals surface area contributed by atoms with Crippen molar-refractivity contribution < 1.29 is 18.8 Å². The Kier molecular flexibility index (Phi) is 6.96. The van der Waals surface area contributed by atoms with E-state index in [-0.39, 0.29) is 18.3 Å². The molecular formula is C28H28FN3O3S. The molecule has 0 radical (unpaired) electrons. The highest BCUT2D eigenvalue weighted by molar-refractivity contribution is 8.18. The predicted octanol–water partition coefficient (Wildman–Crippen LogP) is 5.58. The molecule has 36 heavy (non-hydrogen) atoms. The number of halogens is 1. The molecule has 0 atom stereocenters. The molecule has 3 amide bonds. The van der Waals surface area contributed by atoms with E-state index in [0.29, 0.717) is 30.1 Å². The van der Waals surface area contributed by atoms with Crippen molar-refractivity contribution in [3.05, 3.63) is 76.1 Å². The highest BCUT2D eigenvalue weighted by atomic mass is 32.2. The standard InChI is InChI=1S/C28H28FN3O3S/c1-19-22(21-11-5-7-13-24(21)31(19)17-20-10-4-6-12-23(20)29)16-25-27(34)32(28(35)36-25)18-26(33)30-14-8-2-3-9-15-30/h4-7,10-13,16H,2-3,8-9,14-15,17-18H2,1H3. The van der Waals surface area contributed by atoms with Gasteiger partial charge in [-0.15, -0.1) is 0 Å². The lowest BCUT2D eigenvalue weighted by molar-refractivity contribution is -0.135. The van der Waals surface area contributed by atoms with Crippen molar-refractivity contribution in [3.63, 3.8) is 0 Å². The number of nitrogens with zero attached hydrogens (tertiary/aromatic N) is 3. The smallest absolute Gasteiger partial charge is 0.294 e. The molecule has 6 nitrogen and oxygen atoms in total. The van der Waals surface area contributed by atoms with Crippen LogP contribution in [0.25, 0.3) is 17.0 Å². The molecule has 8 heteroatoms. The quantitative estimate of drug-likeness (QED) is 0.425. The minimum absolute atomic E-state index is 0.182. The van der Waals surface area contributed by atoms with Gasteiger partial charge in [0.15, 0.2) is 0 Å². The van der Waals surface area contributed by atoms with Crippen molar-refractivity contribution in [2.75, 3.05) is 19.6 Å². The number of thioether (sulfide) groups is 1. The van der Waals surface area contributed by atoms with E-state index < -0.39 is 11.1 Å². The second kappa shape index (κ2) is 10.3. The molecule has 0 spiro atoms. The largest absolute Gasteiger partial charge is 0.341 e. The fourth-order valence-electron chi connectivity index (χ4n) is 4.96. The van der Waals surface area contributed by atoms with Gasteiger partial charge in [0.25, 0.3) is 11.1 Å². The summed E-state index contributed by atoms with van der Waals surface area (Å²) in [6, 6.07) is 14.4. The minimum atomic E-state index is -0.446. The first-order valence-electron chi connectivity index (χ1n) is 12.3. The first kappa shape index (κ1) is 24.3. The van der Waals surface area contributed by atoms with Gasteiger partial charge in [0.2, 0.25) is 5.91 Å². The topological polar surface area (TPSA) is 62.6 Å². The van der Waals surface area contributed by atoms with E-state index in [4.69, 9.17) is 0 Å². The zero-order valence-electron chi connectivity index (χ0n) is 20.2. The van der Waals surface area contributed by atoms with Gasteiger partial charge in [-0.2, -0.15) is 0 Å². The molecule has 3 heterocycles. The molecule has 2 aliphatic rings. The Morgan fingerprint density at radius 1 is 1.00 bits per heavy atom. The van der Waals surface area contributed by atoms with Gasteiger partial charge in [0.1, 0.15) is 12.4 Å². The summed E-state index contributed by atoms with van der Waals surface area (Å²) in [6.45, 7) is 3.39. The van der Waals surface area contributed by atoms with Gasteiger partial charge in [0, 0.05) is 40.8 Å². The second-order valence-electron chi connectivity index (χ2n) is 9.26. The van der Waals surface area contributed by atoms with Crippen LogP contribution in [-0.2, 0) is 16.1 Å². The number of benzene rings is 2. The predicted molar refractivity (Wildman–Crippen MR) is 140 cm³/mol. The summed E-state index contributed by atoms with van der Waals surface area (Å²) in [5.41, 5.74) is 3.17. The summed E-state index contributed by atoms with van der Waals surface area (Å²) >= 11 is 0.861. The van der Waals surface area contributed by atoms with Gasteiger partial charge in [-0.05, 0) is 49.7 Å². The molecular weight excluding hydrogens is 477 g/mol. The number of aromatic nitrogens is 1. The SMILES string of the molecule is Cc1c(C=C2SC(=O)N(CC(=O)N3CCCCCC3)C2=O)c2ccccc2n1Cc1ccccc1F. The van der Waals surface area contributed by atoms with Crippen molar-refractivity contribution in [3.8, 4) is 0 Å². The fourth-order valence-corrected chi connectivity index (χ4v) is 5.78. The Bertz CT molecular complexity index is 1370. The van der Waals surface area contributed by atoms with E-state index in [1.54, 1.807) is 23.1 Å². The molecule has 3 aromatic rings. The van der Waals surface area contributed by atoms with Gasteiger partial charge in [-0.25, -0.2) is 4.39 Å². The van der Waals surface area contributed by atoms with Crippen molar-refractivity contribution in [2.45, 2.75) is 39.2 Å². The minimum Gasteiger partial charge on any atom is -0.341 e. The number of hydrogen-bond acceptors (Lipinski definition) is 4. The Morgan fingerprint density at radius 2 is 1.69 bits per heavy atom. The summed E-state index contributed by atoms with van der Waals surface area (Å²) in [7, 11) is 0. The maximum atomic E-state index is 14.4. The molecule has 0 aliphatic carbocycles. The molecule has 5 rings (SSSR count). The number of rotatable bonds is 5. The van der Waals surface area contributed by atoms with E-state index in [9.17, 15) is 18.8 Å². The third kappa shape index (κ3) is 4.69. The first-order chi connectivity index (χ1) is 17.4. The van der Waals surface area contributed by atoms with Crippen LogP contribution in [0.2, 0.25) is 0 Å². The summed E-state index contributed by atoms with van der Waals surface area (Å²) in [5.74, 6) is -0.900. The van der Waals surface area contributed by atoms with Crippen LogP contribution < -0.4 is 0 Å². The normalized spacial score (nSPS) is 17.9. The zero-order chi connectivity index (χ0) is 25.2. The van der Waals surface area contributed by atoms with Crippen molar-refractivity contribution >= 4 is 45.8 Å². The lowest BCUT2D eigenvalue weighted by atomic mass is 10.1. The zero-order valence-corrected chi connectivity index (χ0v) is 21.0. The third-order valence-electron chi connectivity index (χ3n) is 6.97. The Labute approximate surface area is 213 Å². The van der Waals surface area contributed by atoms with Gasteiger partial charge in [0.05, 0.1) is 11.4 Å². The third-order valence-corrected chi connectivity index (χ3v) is 7.87. The maximum absolute atomic E-state index is 14.4. The number of hydrogen-bond donors (Lipinski definition) is 0. The average Bonchev–Trinajstić information content (AvgIpc) is 3.14. The molecule has 2 aliphatic heterocycles. The number of likely N-dealkylation sites (tertiary alicyclic amines) is 1. The summed E-state index contributed by atoms with van der Waals surface area (Å²) in [6.07, 6.45) is 5.82. The van der Waals surface area contributed by atoms with Gasteiger partial charge in [-0.1, -0.05) is 49.2 Å². The van der Waals surface area contributed by atoms with E-state index in [0.717, 1.165) is 64.5 Å². The van der Waals surface area contributed by atoms with Crippen LogP contribution in [0.3, 0.4) is 0 Å². The highest BCUT2D eigenvalue weighted by Gasteiger charge is 2.37.